The molecule has 0 saturated heterocycles. The molecule has 5 heteroatoms. The summed E-state index contributed by atoms with van der Waals surface area (Å²) >= 11 is 0. The quantitative estimate of drug-likeness (QED) is 0.638. The van der Waals surface area contributed by atoms with Crippen molar-refractivity contribution in [2.45, 2.75) is 78.8 Å². The van der Waals surface area contributed by atoms with Crippen LogP contribution in [-0.4, -0.2) is 17.7 Å². The zero-order chi connectivity index (χ0) is 17.2. The highest BCUT2D eigenvalue weighted by atomic mass is 19.4. The molecule has 0 amide bonds. The van der Waals surface area contributed by atoms with Crippen LogP contribution in [0.5, 0.6) is 0 Å². The molecule has 0 atom stereocenters. The molecule has 0 radical (unpaired) electrons. The molecule has 0 unspecified atom stereocenters. The lowest BCUT2D eigenvalue weighted by atomic mass is 9.70. The van der Waals surface area contributed by atoms with Crippen LogP contribution in [0.2, 0.25) is 0 Å². The molecule has 0 N–H and O–H groups in total. The number of halogens is 3. The van der Waals surface area contributed by atoms with E-state index in [1.807, 2.05) is 0 Å². The van der Waals surface area contributed by atoms with Crippen molar-refractivity contribution in [1.82, 2.24) is 0 Å². The van der Waals surface area contributed by atoms with Crippen molar-refractivity contribution in [3.05, 3.63) is 0 Å². The van der Waals surface area contributed by atoms with Gasteiger partial charge in [0.15, 0.2) is 5.78 Å². The first-order valence-corrected chi connectivity index (χ1v) is 8.12. The highest BCUT2D eigenvalue weighted by Crippen LogP contribution is 2.46. The Kier molecular flexibility index (Phi) is 5.85. The SMILES string of the molecule is CCC(CC)(C(=O)CC(=O)C1CCC(C)(C)CC1)C(F)(F)F. The number of Topliss-reactive ketones (excluding diaryl/α,β-unsaturated/α-hetero) is 2. The number of hydrogen-bond donors (Lipinski definition) is 0. The third-order valence-corrected chi connectivity index (χ3v) is 5.41. The number of carbonyl (C=O) groups is 2. The van der Waals surface area contributed by atoms with E-state index >= 15 is 0 Å². The third-order valence-electron chi connectivity index (χ3n) is 5.41. The molecule has 0 heterocycles. The van der Waals surface area contributed by atoms with E-state index < -0.39 is 23.8 Å². The Morgan fingerprint density at radius 1 is 1.05 bits per heavy atom. The van der Waals surface area contributed by atoms with Gasteiger partial charge >= 0.3 is 6.18 Å². The summed E-state index contributed by atoms with van der Waals surface area (Å²) in [6, 6.07) is 0. The molecular formula is C17H27F3O2. The highest BCUT2D eigenvalue weighted by molar-refractivity contribution is 6.03. The van der Waals surface area contributed by atoms with Gasteiger partial charge in [-0.3, -0.25) is 9.59 Å². The molecule has 0 aromatic heterocycles. The summed E-state index contributed by atoms with van der Waals surface area (Å²) in [5.41, 5.74) is -2.18. The molecule has 1 fully saturated rings. The Balaban J connectivity index is 2.77. The fourth-order valence-electron chi connectivity index (χ4n) is 3.40. The zero-order valence-electron chi connectivity index (χ0n) is 14.0. The minimum absolute atomic E-state index is 0.184. The fourth-order valence-corrected chi connectivity index (χ4v) is 3.40. The van der Waals surface area contributed by atoms with E-state index in [1.54, 1.807) is 0 Å². The summed E-state index contributed by atoms with van der Waals surface area (Å²) < 4.78 is 39.9. The molecule has 0 spiro atoms. The second-order valence-corrected chi connectivity index (χ2v) is 7.29. The fraction of sp³-hybridized carbons (Fsp3) is 0.882. The van der Waals surface area contributed by atoms with Crippen molar-refractivity contribution in [3.63, 3.8) is 0 Å². The van der Waals surface area contributed by atoms with Gasteiger partial charge in [0.1, 0.15) is 11.2 Å². The van der Waals surface area contributed by atoms with Crippen LogP contribution < -0.4 is 0 Å². The molecule has 0 aliphatic heterocycles. The van der Waals surface area contributed by atoms with Gasteiger partial charge in [0.25, 0.3) is 0 Å². The van der Waals surface area contributed by atoms with Gasteiger partial charge in [-0.15, -0.1) is 0 Å². The molecular weight excluding hydrogens is 293 g/mol. The van der Waals surface area contributed by atoms with Gasteiger partial charge in [0, 0.05) is 5.92 Å². The molecule has 1 aliphatic carbocycles. The normalized spacial score (nSPS) is 20.0. The van der Waals surface area contributed by atoms with Crippen LogP contribution in [0.1, 0.15) is 72.6 Å². The molecule has 1 aliphatic rings. The Morgan fingerprint density at radius 3 is 1.86 bits per heavy atom. The minimum atomic E-state index is -4.59. The first kappa shape index (κ1) is 19.2. The van der Waals surface area contributed by atoms with E-state index in [0.717, 1.165) is 12.8 Å². The lowest BCUT2D eigenvalue weighted by Gasteiger charge is -2.35. The lowest BCUT2D eigenvalue weighted by Crippen LogP contribution is -2.45. The predicted octanol–water partition coefficient (Wildman–Crippen LogP) is 5.10. The monoisotopic (exact) mass is 320 g/mol. The first-order chi connectivity index (χ1) is 9.99. The second-order valence-electron chi connectivity index (χ2n) is 7.29. The van der Waals surface area contributed by atoms with Crippen LogP contribution in [0.4, 0.5) is 13.2 Å². The van der Waals surface area contributed by atoms with Crippen molar-refractivity contribution >= 4 is 11.6 Å². The van der Waals surface area contributed by atoms with Crippen molar-refractivity contribution in [2.24, 2.45) is 16.7 Å². The average Bonchev–Trinajstić information content (AvgIpc) is 2.38. The predicted molar refractivity (Wildman–Crippen MR) is 79.4 cm³/mol. The smallest absolute Gasteiger partial charge is 0.299 e. The summed E-state index contributed by atoms with van der Waals surface area (Å²) in [5.74, 6) is -1.52. The highest BCUT2D eigenvalue weighted by Gasteiger charge is 2.57. The van der Waals surface area contributed by atoms with Gasteiger partial charge in [-0.25, -0.2) is 0 Å². The average molecular weight is 320 g/mol. The van der Waals surface area contributed by atoms with Gasteiger partial charge in [0.05, 0.1) is 6.42 Å². The zero-order valence-corrected chi connectivity index (χ0v) is 14.0. The van der Waals surface area contributed by atoms with E-state index in [2.05, 4.69) is 13.8 Å². The summed E-state index contributed by atoms with van der Waals surface area (Å²) in [7, 11) is 0. The molecule has 22 heavy (non-hydrogen) atoms. The van der Waals surface area contributed by atoms with Gasteiger partial charge in [-0.1, -0.05) is 27.7 Å². The summed E-state index contributed by atoms with van der Waals surface area (Å²) in [6.45, 7) is 6.98. The number of hydrogen-bond acceptors (Lipinski definition) is 2. The van der Waals surface area contributed by atoms with Gasteiger partial charge in [-0.05, 0) is 43.9 Å². The molecule has 1 rings (SSSR count). The van der Waals surface area contributed by atoms with E-state index in [-0.39, 0.29) is 30.0 Å². The molecule has 0 aromatic rings. The second kappa shape index (κ2) is 6.71. The largest absolute Gasteiger partial charge is 0.401 e. The minimum Gasteiger partial charge on any atom is -0.299 e. The molecule has 0 aromatic carbocycles. The Morgan fingerprint density at radius 2 is 1.50 bits per heavy atom. The van der Waals surface area contributed by atoms with Crippen LogP contribution in [0.25, 0.3) is 0 Å². The first-order valence-electron chi connectivity index (χ1n) is 8.12. The Bertz CT molecular complexity index is 410. The number of carbonyl (C=O) groups excluding carboxylic acids is 2. The van der Waals surface area contributed by atoms with E-state index in [0.29, 0.717) is 12.8 Å². The molecule has 1 saturated carbocycles. The number of alkyl halides is 3. The number of rotatable bonds is 6. The summed E-state index contributed by atoms with van der Waals surface area (Å²) in [5, 5.41) is 0. The third kappa shape index (κ3) is 3.90. The van der Waals surface area contributed by atoms with Crippen LogP contribution >= 0.6 is 0 Å². The lowest BCUT2D eigenvalue weighted by molar-refractivity contribution is -0.222. The van der Waals surface area contributed by atoms with E-state index in [4.69, 9.17) is 0 Å². The molecule has 2 nitrogen and oxygen atoms in total. The Hall–Kier alpha value is -0.870. The summed E-state index contributed by atoms with van der Waals surface area (Å²) in [6.07, 6.45) is -2.68. The van der Waals surface area contributed by atoms with Crippen LogP contribution in [0.15, 0.2) is 0 Å². The summed E-state index contributed by atoms with van der Waals surface area (Å²) in [4.78, 5) is 24.5. The van der Waals surface area contributed by atoms with Crippen LogP contribution in [0.3, 0.4) is 0 Å². The van der Waals surface area contributed by atoms with Gasteiger partial charge in [-0.2, -0.15) is 13.2 Å². The standard InChI is InChI=1S/C17H27F3O2/c1-5-16(6-2,17(18,19)20)14(22)11-13(21)12-7-9-15(3,4)10-8-12/h12H,5-11H2,1-4H3. The van der Waals surface area contributed by atoms with Crippen molar-refractivity contribution in [1.29, 1.82) is 0 Å². The Labute approximate surface area is 130 Å². The maximum absolute atomic E-state index is 13.3. The molecule has 0 bridgehead atoms. The van der Waals surface area contributed by atoms with Crippen molar-refractivity contribution in [2.75, 3.05) is 0 Å². The number of ketones is 2. The maximum atomic E-state index is 13.3. The topological polar surface area (TPSA) is 34.1 Å². The van der Waals surface area contributed by atoms with Gasteiger partial charge < -0.3 is 0 Å². The molecule has 128 valence electrons. The van der Waals surface area contributed by atoms with Crippen molar-refractivity contribution in [3.8, 4) is 0 Å². The van der Waals surface area contributed by atoms with Crippen LogP contribution in [0, 0.1) is 16.7 Å². The van der Waals surface area contributed by atoms with E-state index in [9.17, 15) is 22.8 Å². The van der Waals surface area contributed by atoms with E-state index in [1.165, 1.54) is 13.8 Å². The van der Waals surface area contributed by atoms with Crippen molar-refractivity contribution < 1.29 is 22.8 Å². The van der Waals surface area contributed by atoms with Gasteiger partial charge in [0.2, 0.25) is 0 Å². The maximum Gasteiger partial charge on any atom is 0.401 e. The van der Waals surface area contributed by atoms with Crippen LogP contribution in [-0.2, 0) is 9.59 Å².